The quantitative estimate of drug-likeness (QED) is 0.474. The van der Waals surface area contributed by atoms with Crippen LogP contribution in [0.5, 0.6) is 5.75 Å². The first-order valence-corrected chi connectivity index (χ1v) is 14.3. The fourth-order valence-corrected chi connectivity index (χ4v) is 6.67. The number of piperidine rings is 3. The number of fused-ring (bicyclic) bond motifs is 3. The maximum atomic E-state index is 5.59. The number of benzene rings is 1. The lowest BCUT2D eigenvalue weighted by Crippen LogP contribution is -2.59. The van der Waals surface area contributed by atoms with Crippen molar-refractivity contribution in [3.05, 3.63) is 24.3 Å². The molecule has 5 saturated heterocycles. The van der Waals surface area contributed by atoms with E-state index < -0.39 is 0 Å². The van der Waals surface area contributed by atoms with Crippen LogP contribution < -0.4 is 20.3 Å². The summed E-state index contributed by atoms with van der Waals surface area (Å²) in [6, 6.07) is 9.01. The Morgan fingerprint density at radius 3 is 2.58 bits per heavy atom. The lowest BCUT2D eigenvalue weighted by molar-refractivity contribution is -0.0110. The van der Waals surface area contributed by atoms with Crippen molar-refractivity contribution in [1.82, 2.24) is 25.3 Å². The number of thiocarbonyl (C=S) groups is 1. The number of nitrogens with one attached hydrogen (secondary N) is 2. The van der Waals surface area contributed by atoms with Gasteiger partial charge in [-0.15, -0.1) is 0 Å². The molecule has 0 saturated carbocycles. The molecule has 9 heteroatoms. The Morgan fingerprint density at radius 2 is 1.83 bits per heavy atom. The van der Waals surface area contributed by atoms with Gasteiger partial charge in [-0.25, -0.2) is 0 Å². The number of rotatable bonds is 9. The average Bonchev–Trinajstić information content (AvgIpc) is 2.93. The largest absolute Gasteiger partial charge is 0.495 e. The van der Waals surface area contributed by atoms with E-state index in [1.807, 2.05) is 6.07 Å². The number of methoxy groups -OCH3 is 1. The number of piperazine rings is 1. The van der Waals surface area contributed by atoms with Crippen LogP contribution in [0, 0.1) is 11.8 Å². The molecular formula is C27H44N6O2S. The van der Waals surface area contributed by atoms with Crippen LogP contribution in [0.1, 0.15) is 12.8 Å². The van der Waals surface area contributed by atoms with E-state index >= 15 is 0 Å². The molecule has 4 atom stereocenters. The highest BCUT2D eigenvalue weighted by Gasteiger charge is 2.40. The van der Waals surface area contributed by atoms with Gasteiger partial charge in [0, 0.05) is 78.0 Å². The molecule has 1 unspecified atom stereocenters. The summed E-state index contributed by atoms with van der Waals surface area (Å²) in [6.45, 7) is 14.8. The van der Waals surface area contributed by atoms with E-state index in [4.69, 9.17) is 21.7 Å². The molecule has 1 aromatic rings. The molecule has 1 aromatic carbocycles. The normalized spacial score (nSPS) is 29.2. The maximum Gasteiger partial charge on any atom is 0.166 e. The van der Waals surface area contributed by atoms with Crippen molar-refractivity contribution in [2.24, 2.45) is 11.8 Å². The molecular weight excluding hydrogens is 472 g/mol. The minimum Gasteiger partial charge on any atom is -0.495 e. The van der Waals surface area contributed by atoms with Crippen LogP contribution in [-0.4, -0.2) is 125 Å². The fraction of sp³-hybridized carbons (Fsp3) is 0.741. The van der Waals surface area contributed by atoms with Crippen molar-refractivity contribution in [3.8, 4) is 5.75 Å². The van der Waals surface area contributed by atoms with E-state index in [1.165, 1.54) is 38.2 Å². The van der Waals surface area contributed by atoms with Crippen LogP contribution in [0.25, 0.3) is 0 Å². The van der Waals surface area contributed by atoms with Crippen molar-refractivity contribution in [2.75, 3.05) is 104 Å². The van der Waals surface area contributed by atoms with Crippen LogP contribution >= 0.6 is 12.2 Å². The van der Waals surface area contributed by atoms with Crippen molar-refractivity contribution in [3.63, 3.8) is 0 Å². The first-order valence-electron chi connectivity index (χ1n) is 13.9. The number of nitrogens with zero attached hydrogens (tertiary/aromatic N) is 4. The standard InChI is InChI=1S/C27H44N6O2S/c1-34-26-5-3-2-4-25(26)32-12-10-31(11-13-32)20-23-21-33-8-6-22(23)18-24(33)19-29-27(36)28-7-9-30-14-16-35-17-15-30/h2-5,22-24H,6-21H2,1H3,(H2,28,29,36)/t22-,23-,24+/m0/s1. The molecule has 0 radical (unpaired) electrons. The Bertz CT molecular complexity index is 845. The van der Waals surface area contributed by atoms with E-state index in [2.05, 4.69) is 48.4 Å². The zero-order valence-electron chi connectivity index (χ0n) is 21.9. The third-order valence-corrected chi connectivity index (χ3v) is 8.91. The highest BCUT2D eigenvalue weighted by Crippen LogP contribution is 2.37. The molecule has 5 heterocycles. The number of anilines is 1. The highest BCUT2D eigenvalue weighted by molar-refractivity contribution is 7.80. The van der Waals surface area contributed by atoms with Crippen LogP contribution in [-0.2, 0) is 4.74 Å². The summed E-state index contributed by atoms with van der Waals surface area (Å²) in [5, 5.41) is 7.71. The third kappa shape index (κ3) is 6.61. The first kappa shape index (κ1) is 26.0. The lowest BCUT2D eigenvalue weighted by atomic mass is 9.75. The van der Waals surface area contributed by atoms with Crippen molar-refractivity contribution in [2.45, 2.75) is 18.9 Å². The fourth-order valence-electron chi connectivity index (χ4n) is 6.49. The predicted molar refractivity (Wildman–Crippen MR) is 149 cm³/mol. The molecule has 5 fully saturated rings. The van der Waals surface area contributed by atoms with Gasteiger partial charge in [-0.3, -0.25) is 14.7 Å². The summed E-state index contributed by atoms with van der Waals surface area (Å²) in [5.41, 5.74) is 1.23. The summed E-state index contributed by atoms with van der Waals surface area (Å²) in [7, 11) is 1.77. The van der Waals surface area contributed by atoms with E-state index in [9.17, 15) is 0 Å². The summed E-state index contributed by atoms with van der Waals surface area (Å²) in [5.74, 6) is 2.62. The SMILES string of the molecule is COc1ccccc1N1CCN(C[C@H]2CN3CC[C@H]2C[C@@H]3CNC(=S)NCCN2CCOCC2)CC1. The van der Waals surface area contributed by atoms with Crippen molar-refractivity contribution < 1.29 is 9.47 Å². The second-order valence-electron chi connectivity index (χ2n) is 10.7. The van der Waals surface area contributed by atoms with Crippen LogP contribution in [0.15, 0.2) is 24.3 Å². The second kappa shape index (κ2) is 12.7. The summed E-state index contributed by atoms with van der Waals surface area (Å²) in [6.07, 6.45) is 2.65. The smallest absolute Gasteiger partial charge is 0.166 e. The van der Waals surface area contributed by atoms with Gasteiger partial charge in [-0.2, -0.15) is 0 Å². The monoisotopic (exact) mass is 516 g/mol. The van der Waals surface area contributed by atoms with E-state index in [0.29, 0.717) is 6.04 Å². The molecule has 8 nitrogen and oxygen atoms in total. The van der Waals surface area contributed by atoms with E-state index in [0.717, 1.165) is 94.8 Å². The molecule has 0 aromatic heterocycles. The van der Waals surface area contributed by atoms with Gasteiger partial charge in [0.1, 0.15) is 5.75 Å². The van der Waals surface area contributed by atoms with Gasteiger partial charge in [-0.1, -0.05) is 12.1 Å². The average molecular weight is 517 g/mol. The van der Waals surface area contributed by atoms with Crippen LogP contribution in [0.3, 0.4) is 0 Å². The molecule has 5 aliphatic rings. The summed E-state index contributed by atoms with van der Waals surface area (Å²) < 4.78 is 11.0. The molecule has 200 valence electrons. The number of ether oxygens (including phenoxy) is 2. The zero-order valence-corrected chi connectivity index (χ0v) is 22.7. The Labute approximate surface area is 222 Å². The van der Waals surface area contributed by atoms with E-state index in [1.54, 1.807) is 7.11 Å². The molecule has 0 aliphatic carbocycles. The van der Waals surface area contributed by atoms with Gasteiger partial charge in [0.15, 0.2) is 5.11 Å². The minimum absolute atomic E-state index is 0.612. The number of hydrogen-bond donors (Lipinski definition) is 2. The Hall–Kier alpha value is -1.65. The topological polar surface area (TPSA) is 55.5 Å². The Balaban J connectivity index is 1.01. The maximum absolute atomic E-state index is 5.59. The van der Waals surface area contributed by atoms with Gasteiger partial charge in [0.05, 0.1) is 26.0 Å². The number of hydrogen-bond acceptors (Lipinski definition) is 7. The zero-order chi connectivity index (χ0) is 24.7. The van der Waals surface area contributed by atoms with Gasteiger partial charge >= 0.3 is 0 Å². The van der Waals surface area contributed by atoms with Crippen molar-refractivity contribution in [1.29, 1.82) is 0 Å². The van der Waals surface area contributed by atoms with E-state index in [-0.39, 0.29) is 0 Å². The van der Waals surface area contributed by atoms with Gasteiger partial charge in [-0.05, 0) is 55.6 Å². The van der Waals surface area contributed by atoms with Gasteiger partial charge in [0.25, 0.3) is 0 Å². The lowest BCUT2D eigenvalue weighted by Gasteiger charge is -2.51. The molecule has 0 amide bonds. The summed E-state index contributed by atoms with van der Waals surface area (Å²) >= 11 is 5.56. The molecule has 2 bridgehead atoms. The first-order chi connectivity index (χ1) is 17.7. The Morgan fingerprint density at radius 1 is 1.03 bits per heavy atom. The van der Waals surface area contributed by atoms with Crippen LogP contribution in [0.4, 0.5) is 5.69 Å². The third-order valence-electron chi connectivity index (χ3n) is 8.62. The second-order valence-corrected chi connectivity index (χ2v) is 11.2. The molecule has 2 N–H and O–H groups in total. The number of para-hydroxylation sites is 2. The Kier molecular flexibility index (Phi) is 9.19. The van der Waals surface area contributed by atoms with Gasteiger partial charge in [0.2, 0.25) is 0 Å². The summed E-state index contributed by atoms with van der Waals surface area (Å²) in [4.78, 5) is 10.3. The molecule has 6 rings (SSSR count). The van der Waals surface area contributed by atoms with Gasteiger partial charge < -0.3 is 25.0 Å². The number of morpholine rings is 1. The highest BCUT2D eigenvalue weighted by atomic mass is 32.1. The minimum atomic E-state index is 0.612. The van der Waals surface area contributed by atoms with Crippen molar-refractivity contribution >= 4 is 23.0 Å². The molecule has 5 aliphatic heterocycles. The molecule has 0 spiro atoms. The molecule has 36 heavy (non-hydrogen) atoms. The predicted octanol–water partition coefficient (Wildman–Crippen LogP) is 1.32. The van der Waals surface area contributed by atoms with Crippen LogP contribution in [0.2, 0.25) is 0 Å².